The smallest absolute Gasteiger partial charge is 0.339 e. The van der Waals surface area contributed by atoms with Crippen LogP contribution in [-0.2, 0) is 13.6 Å². The fraction of sp³-hybridized carbons (Fsp3) is 0.714. The molecule has 6 heteroatoms. The molecule has 0 saturated carbocycles. The van der Waals surface area contributed by atoms with Crippen LogP contribution in [0.2, 0.25) is 0 Å². The van der Waals surface area contributed by atoms with E-state index in [1.165, 1.54) is 19.0 Å². The van der Waals surface area contributed by atoms with Gasteiger partial charge in [-0.15, -0.1) is 0 Å². The highest BCUT2D eigenvalue weighted by Gasteiger charge is 2.23. The molecule has 2 heterocycles. The van der Waals surface area contributed by atoms with Crippen molar-refractivity contribution >= 4 is 5.97 Å². The SMILES string of the molecule is CC(C)N(Cc1c(C(=O)O)cnn1C)CC1CCCN1. The second-order valence-corrected chi connectivity index (χ2v) is 5.75. The highest BCUT2D eigenvalue weighted by molar-refractivity contribution is 5.88. The maximum absolute atomic E-state index is 11.2. The van der Waals surface area contributed by atoms with Gasteiger partial charge in [-0.05, 0) is 33.2 Å². The predicted molar refractivity (Wildman–Crippen MR) is 76.7 cm³/mol. The lowest BCUT2D eigenvalue weighted by atomic mass is 10.1. The zero-order valence-electron chi connectivity index (χ0n) is 12.5. The lowest BCUT2D eigenvalue weighted by molar-refractivity contribution is 0.0693. The van der Waals surface area contributed by atoms with Gasteiger partial charge in [0.25, 0.3) is 0 Å². The van der Waals surface area contributed by atoms with Crippen molar-refractivity contribution in [3.63, 3.8) is 0 Å². The number of carboxylic acids is 1. The monoisotopic (exact) mass is 280 g/mol. The molecule has 1 saturated heterocycles. The molecule has 0 spiro atoms. The molecule has 1 aliphatic heterocycles. The minimum absolute atomic E-state index is 0.303. The first-order chi connectivity index (χ1) is 9.49. The highest BCUT2D eigenvalue weighted by Crippen LogP contribution is 2.15. The van der Waals surface area contributed by atoms with Gasteiger partial charge in [0.1, 0.15) is 5.56 Å². The zero-order valence-corrected chi connectivity index (χ0v) is 12.5. The third kappa shape index (κ3) is 3.37. The summed E-state index contributed by atoms with van der Waals surface area (Å²) in [7, 11) is 1.80. The fourth-order valence-corrected chi connectivity index (χ4v) is 2.67. The number of nitrogens with one attached hydrogen (secondary N) is 1. The summed E-state index contributed by atoms with van der Waals surface area (Å²) in [4.78, 5) is 13.6. The molecule has 2 rings (SSSR count). The molecule has 6 nitrogen and oxygen atoms in total. The number of nitrogens with zero attached hydrogens (tertiary/aromatic N) is 3. The molecule has 20 heavy (non-hydrogen) atoms. The van der Waals surface area contributed by atoms with E-state index < -0.39 is 5.97 Å². The van der Waals surface area contributed by atoms with E-state index in [1.54, 1.807) is 11.7 Å². The van der Waals surface area contributed by atoms with Gasteiger partial charge in [-0.3, -0.25) is 9.58 Å². The molecule has 0 amide bonds. The second-order valence-electron chi connectivity index (χ2n) is 5.75. The largest absolute Gasteiger partial charge is 0.478 e. The van der Waals surface area contributed by atoms with Gasteiger partial charge >= 0.3 is 5.97 Å². The van der Waals surface area contributed by atoms with E-state index >= 15 is 0 Å². The number of carbonyl (C=O) groups is 1. The van der Waals surface area contributed by atoms with Crippen molar-refractivity contribution in [3.8, 4) is 0 Å². The molecular formula is C14H24N4O2. The van der Waals surface area contributed by atoms with Gasteiger partial charge in [0, 0.05) is 32.2 Å². The van der Waals surface area contributed by atoms with Crippen molar-refractivity contribution in [2.24, 2.45) is 7.05 Å². The molecule has 112 valence electrons. The summed E-state index contributed by atoms with van der Waals surface area (Å²) in [5, 5.41) is 16.8. The summed E-state index contributed by atoms with van der Waals surface area (Å²) in [6.45, 7) is 6.94. The van der Waals surface area contributed by atoms with Crippen LogP contribution >= 0.6 is 0 Å². The van der Waals surface area contributed by atoms with Crippen LogP contribution in [0.1, 0.15) is 42.7 Å². The minimum Gasteiger partial charge on any atom is -0.478 e. The second kappa shape index (κ2) is 6.37. The quantitative estimate of drug-likeness (QED) is 0.816. The van der Waals surface area contributed by atoms with E-state index in [-0.39, 0.29) is 0 Å². The van der Waals surface area contributed by atoms with Crippen LogP contribution in [0, 0.1) is 0 Å². The topological polar surface area (TPSA) is 70.4 Å². The number of aromatic carboxylic acids is 1. The Labute approximate surface area is 119 Å². The van der Waals surface area contributed by atoms with Gasteiger partial charge in [0.15, 0.2) is 0 Å². The summed E-state index contributed by atoms with van der Waals surface area (Å²) in [5.41, 5.74) is 1.07. The van der Waals surface area contributed by atoms with Crippen LogP contribution in [0.15, 0.2) is 6.20 Å². The Kier molecular flexibility index (Phi) is 4.77. The Balaban J connectivity index is 2.11. The molecular weight excluding hydrogens is 256 g/mol. The minimum atomic E-state index is -0.907. The van der Waals surface area contributed by atoms with Crippen molar-refractivity contribution in [2.75, 3.05) is 13.1 Å². The van der Waals surface area contributed by atoms with E-state index in [2.05, 4.69) is 29.2 Å². The Morgan fingerprint density at radius 1 is 1.65 bits per heavy atom. The number of aryl methyl sites for hydroxylation is 1. The molecule has 1 unspecified atom stereocenters. The normalized spacial score (nSPS) is 19.1. The molecule has 1 aromatic rings. The van der Waals surface area contributed by atoms with Crippen molar-refractivity contribution in [1.82, 2.24) is 20.0 Å². The molecule has 2 N–H and O–H groups in total. The first-order valence-electron chi connectivity index (χ1n) is 7.20. The lowest BCUT2D eigenvalue weighted by Crippen LogP contribution is -2.41. The van der Waals surface area contributed by atoms with Crippen LogP contribution < -0.4 is 5.32 Å². The molecule has 1 atom stereocenters. The van der Waals surface area contributed by atoms with Crippen molar-refractivity contribution < 1.29 is 9.90 Å². The van der Waals surface area contributed by atoms with Gasteiger partial charge in [-0.25, -0.2) is 4.79 Å². The van der Waals surface area contributed by atoms with Crippen molar-refractivity contribution in [1.29, 1.82) is 0 Å². The summed E-state index contributed by atoms with van der Waals surface area (Å²) in [6.07, 6.45) is 3.85. The summed E-state index contributed by atoms with van der Waals surface area (Å²) in [6, 6.07) is 0.882. The van der Waals surface area contributed by atoms with Crippen LogP contribution in [0.5, 0.6) is 0 Å². The van der Waals surface area contributed by atoms with E-state index in [0.717, 1.165) is 18.8 Å². The van der Waals surface area contributed by atoms with Gasteiger partial charge in [-0.1, -0.05) is 0 Å². The average molecular weight is 280 g/mol. The maximum Gasteiger partial charge on any atom is 0.339 e. The molecule has 1 aliphatic rings. The third-order valence-corrected chi connectivity index (χ3v) is 3.99. The number of aromatic nitrogens is 2. The fourth-order valence-electron chi connectivity index (χ4n) is 2.67. The number of rotatable bonds is 6. The number of hydrogen-bond donors (Lipinski definition) is 2. The van der Waals surface area contributed by atoms with Gasteiger partial charge in [0.05, 0.1) is 11.9 Å². The van der Waals surface area contributed by atoms with E-state index in [9.17, 15) is 9.90 Å². The number of carboxylic acid groups (broad SMARTS) is 1. The van der Waals surface area contributed by atoms with Gasteiger partial charge in [0.2, 0.25) is 0 Å². The predicted octanol–water partition coefficient (Wildman–Crippen LogP) is 1.08. The average Bonchev–Trinajstić information content (AvgIpc) is 2.99. The van der Waals surface area contributed by atoms with Gasteiger partial charge < -0.3 is 10.4 Å². The molecule has 0 aliphatic carbocycles. The Bertz CT molecular complexity index is 464. The lowest BCUT2D eigenvalue weighted by Gasteiger charge is -2.29. The van der Waals surface area contributed by atoms with Crippen LogP contribution in [0.3, 0.4) is 0 Å². The summed E-state index contributed by atoms with van der Waals surface area (Å²) < 4.78 is 1.67. The van der Waals surface area contributed by atoms with E-state index in [1.807, 2.05) is 0 Å². The first-order valence-corrected chi connectivity index (χ1v) is 7.20. The Morgan fingerprint density at radius 2 is 2.40 bits per heavy atom. The zero-order chi connectivity index (χ0) is 14.7. The maximum atomic E-state index is 11.2. The standard InChI is InChI=1S/C14H24N4O2/c1-10(2)18(8-11-5-4-6-15-11)9-13-12(14(19)20)7-16-17(13)3/h7,10-11,15H,4-6,8-9H2,1-3H3,(H,19,20). The first kappa shape index (κ1) is 15.0. The van der Waals surface area contributed by atoms with Crippen LogP contribution in [0.4, 0.5) is 0 Å². The Morgan fingerprint density at radius 3 is 2.95 bits per heavy atom. The third-order valence-electron chi connectivity index (χ3n) is 3.99. The van der Waals surface area contributed by atoms with Gasteiger partial charge in [-0.2, -0.15) is 5.10 Å². The molecule has 0 aromatic carbocycles. The Hall–Kier alpha value is -1.40. The van der Waals surface area contributed by atoms with Crippen LogP contribution in [0.25, 0.3) is 0 Å². The molecule has 0 bridgehead atoms. The van der Waals surface area contributed by atoms with E-state index in [0.29, 0.717) is 24.2 Å². The van der Waals surface area contributed by atoms with Crippen molar-refractivity contribution in [3.05, 3.63) is 17.5 Å². The molecule has 1 aromatic heterocycles. The molecule has 0 radical (unpaired) electrons. The van der Waals surface area contributed by atoms with Crippen LogP contribution in [-0.4, -0.2) is 50.9 Å². The highest BCUT2D eigenvalue weighted by atomic mass is 16.4. The van der Waals surface area contributed by atoms with E-state index in [4.69, 9.17) is 0 Å². The van der Waals surface area contributed by atoms with Crippen molar-refractivity contribution in [2.45, 2.75) is 45.3 Å². The molecule has 1 fully saturated rings. The summed E-state index contributed by atoms with van der Waals surface area (Å²) >= 11 is 0. The summed E-state index contributed by atoms with van der Waals surface area (Å²) in [5.74, 6) is -0.907. The number of hydrogen-bond acceptors (Lipinski definition) is 4.